The fourth-order valence-electron chi connectivity index (χ4n) is 4.69. The Balaban J connectivity index is 1.42. The molecule has 0 aliphatic heterocycles. The molecule has 9 heteroatoms. The van der Waals surface area contributed by atoms with E-state index in [2.05, 4.69) is 15.7 Å². The number of fused-ring (bicyclic) bond motifs is 2. The molecule has 7 nitrogen and oxygen atoms in total. The van der Waals surface area contributed by atoms with Gasteiger partial charge >= 0.3 is 0 Å². The zero-order valence-electron chi connectivity index (χ0n) is 17.6. The van der Waals surface area contributed by atoms with Gasteiger partial charge in [-0.3, -0.25) is 14.2 Å². The van der Waals surface area contributed by atoms with Crippen LogP contribution >= 0.6 is 23.1 Å². The molecule has 2 fully saturated rings. The number of thioether (sulfide) groups is 1. The highest BCUT2D eigenvalue weighted by Crippen LogP contribution is 2.44. The number of rotatable bonds is 5. The molecule has 3 heterocycles. The van der Waals surface area contributed by atoms with Crippen LogP contribution in [0.3, 0.4) is 0 Å². The van der Waals surface area contributed by atoms with E-state index in [4.69, 9.17) is 4.98 Å². The van der Waals surface area contributed by atoms with Gasteiger partial charge in [-0.25, -0.2) is 4.98 Å². The number of hydrogen-bond donors (Lipinski definition) is 0. The Labute approximate surface area is 192 Å². The summed E-state index contributed by atoms with van der Waals surface area (Å²) >= 11 is 2.96. The summed E-state index contributed by atoms with van der Waals surface area (Å²) in [6.07, 6.45) is 7.81. The fraction of sp³-hybridized carbons (Fsp3) is 0.435. The molecule has 0 N–H and O–H groups in total. The quantitative estimate of drug-likeness (QED) is 0.314. The summed E-state index contributed by atoms with van der Waals surface area (Å²) < 4.78 is 3.28. The van der Waals surface area contributed by atoms with Gasteiger partial charge in [-0.1, -0.05) is 48.4 Å². The Morgan fingerprint density at radius 1 is 1.03 bits per heavy atom. The molecule has 0 saturated heterocycles. The van der Waals surface area contributed by atoms with Crippen molar-refractivity contribution in [1.82, 2.24) is 24.5 Å². The van der Waals surface area contributed by atoms with Crippen LogP contribution in [0.15, 0.2) is 44.4 Å². The van der Waals surface area contributed by atoms with Crippen molar-refractivity contribution in [3.63, 3.8) is 0 Å². The summed E-state index contributed by atoms with van der Waals surface area (Å²) in [5.74, 6) is 0.783. The first-order valence-electron chi connectivity index (χ1n) is 11.2. The first kappa shape index (κ1) is 20.1. The van der Waals surface area contributed by atoms with Crippen LogP contribution in [-0.2, 0) is 5.88 Å². The van der Waals surface area contributed by atoms with Gasteiger partial charge < -0.3 is 0 Å². The maximum absolute atomic E-state index is 13.7. The topological polar surface area (TPSA) is 82.7 Å². The molecule has 1 aromatic carbocycles. The lowest BCUT2D eigenvalue weighted by molar-refractivity contribution is 0.326. The SMILES string of the molecule is O=c1c2ccccc2nnn1CSc1nc2scc(C3CC3)c2c(=O)n1C1CCCCC1. The lowest BCUT2D eigenvalue weighted by atomic mass is 9.95. The van der Waals surface area contributed by atoms with Gasteiger partial charge in [0.15, 0.2) is 5.16 Å². The molecule has 0 spiro atoms. The average Bonchev–Trinajstić information content (AvgIpc) is 3.58. The van der Waals surface area contributed by atoms with Gasteiger partial charge in [0.25, 0.3) is 11.1 Å². The molecule has 0 radical (unpaired) electrons. The van der Waals surface area contributed by atoms with Crippen LogP contribution in [0.25, 0.3) is 21.1 Å². The van der Waals surface area contributed by atoms with Gasteiger partial charge in [-0.15, -0.1) is 16.4 Å². The van der Waals surface area contributed by atoms with E-state index in [1.165, 1.54) is 28.4 Å². The highest BCUT2D eigenvalue weighted by molar-refractivity contribution is 7.98. The maximum atomic E-state index is 13.7. The molecule has 3 aromatic heterocycles. The van der Waals surface area contributed by atoms with Crippen LogP contribution in [0.1, 0.15) is 62.5 Å². The zero-order chi connectivity index (χ0) is 21.7. The molecule has 0 amide bonds. The molecule has 32 heavy (non-hydrogen) atoms. The predicted molar refractivity (Wildman–Crippen MR) is 128 cm³/mol. The minimum Gasteiger partial charge on any atom is -0.284 e. The van der Waals surface area contributed by atoms with Crippen molar-refractivity contribution in [3.05, 3.63) is 55.9 Å². The largest absolute Gasteiger partial charge is 0.284 e. The van der Waals surface area contributed by atoms with Crippen LogP contribution in [0.2, 0.25) is 0 Å². The van der Waals surface area contributed by atoms with E-state index in [9.17, 15) is 9.59 Å². The normalized spacial score (nSPS) is 17.4. The molecular weight excluding hydrogens is 442 g/mol. The second-order valence-electron chi connectivity index (χ2n) is 8.69. The standard InChI is InChI=1S/C23H23N5O2S2/c29-21-16-8-4-5-9-18(16)25-26-27(21)13-32-23-24-20-19(17(12-31-20)14-10-11-14)22(30)28(23)15-6-2-1-3-7-15/h4-5,8-9,12,14-15H,1-3,6-7,10-11,13H2. The maximum Gasteiger partial charge on any atom is 0.278 e. The third-order valence-corrected chi connectivity index (χ3v) is 8.35. The summed E-state index contributed by atoms with van der Waals surface area (Å²) in [5.41, 5.74) is 1.68. The molecule has 164 valence electrons. The summed E-state index contributed by atoms with van der Waals surface area (Å²) in [6.45, 7) is 0. The first-order chi connectivity index (χ1) is 15.7. The molecule has 0 unspecified atom stereocenters. The van der Waals surface area contributed by atoms with Crippen molar-refractivity contribution < 1.29 is 0 Å². The minimum absolute atomic E-state index is 0.0875. The van der Waals surface area contributed by atoms with Gasteiger partial charge in [0.1, 0.15) is 10.3 Å². The zero-order valence-corrected chi connectivity index (χ0v) is 19.2. The van der Waals surface area contributed by atoms with Crippen molar-refractivity contribution >= 4 is 44.2 Å². The average molecular weight is 466 g/mol. The van der Waals surface area contributed by atoms with Crippen molar-refractivity contribution in [3.8, 4) is 0 Å². The van der Waals surface area contributed by atoms with Gasteiger partial charge in [-0.2, -0.15) is 4.68 Å². The fourth-order valence-corrected chi connectivity index (χ4v) is 6.69. The van der Waals surface area contributed by atoms with Crippen LogP contribution in [0, 0.1) is 0 Å². The monoisotopic (exact) mass is 465 g/mol. The number of hydrogen-bond acceptors (Lipinski definition) is 7. The molecule has 4 aromatic rings. The van der Waals surface area contributed by atoms with Crippen LogP contribution in [-0.4, -0.2) is 24.5 Å². The smallest absolute Gasteiger partial charge is 0.278 e. The number of benzene rings is 1. The van der Waals surface area contributed by atoms with Gasteiger partial charge in [0, 0.05) is 6.04 Å². The molecule has 2 aliphatic carbocycles. The van der Waals surface area contributed by atoms with E-state index in [-0.39, 0.29) is 23.0 Å². The summed E-state index contributed by atoms with van der Waals surface area (Å²) in [5, 5.41) is 12.4. The van der Waals surface area contributed by atoms with Crippen molar-refractivity contribution in [2.24, 2.45) is 0 Å². The second kappa shape index (κ2) is 8.12. The van der Waals surface area contributed by atoms with E-state index in [0.717, 1.165) is 48.7 Å². The lowest BCUT2D eigenvalue weighted by Gasteiger charge is -2.26. The summed E-state index contributed by atoms with van der Waals surface area (Å²) in [4.78, 5) is 32.3. The van der Waals surface area contributed by atoms with Crippen LogP contribution < -0.4 is 11.1 Å². The molecule has 0 atom stereocenters. The number of aromatic nitrogens is 5. The Kier molecular flexibility index (Phi) is 5.10. The van der Waals surface area contributed by atoms with Crippen molar-refractivity contribution in [1.29, 1.82) is 0 Å². The van der Waals surface area contributed by atoms with E-state index in [1.807, 2.05) is 16.7 Å². The van der Waals surface area contributed by atoms with Crippen molar-refractivity contribution in [2.45, 2.75) is 67.9 Å². The van der Waals surface area contributed by atoms with E-state index < -0.39 is 0 Å². The van der Waals surface area contributed by atoms with Gasteiger partial charge in [-0.05, 0) is 54.7 Å². The Bertz CT molecular complexity index is 1430. The van der Waals surface area contributed by atoms with Crippen molar-refractivity contribution in [2.75, 3.05) is 0 Å². The predicted octanol–water partition coefficient (Wildman–Crippen LogP) is 4.70. The van der Waals surface area contributed by atoms with E-state index in [0.29, 0.717) is 22.0 Å². The second-order valence-corrected chi connectivity index (χ2v) is 10.5. The molecule has 6 rings (SSSR count). The minimum atomic E-state index is -0.178. The Hall–Kier alpha value is -2.52. The molecule has 0 bridgehead atoms. The number of thiophene rings is 1. The number of nitrogens with zero attached hydrogens (tertiary/aromatic N) is 5. The lowest BCUT2D eigenvalue weighted by Crippen LogP contribution is -2.29. The van der Waals surface area contributed by atoms with E-state index in [1.54, 1.807) is 23.5 Å². The Morgan fingerprint density at radius 3 is 2.66 bits per heavy atom. The molecule has 2 saturated carbocycles. The van der Waals surface area contributed by atoms with Crippen LogP contribution in [0.4, 0.5) is 0 Å². The third-order valence-electron chi connectivity index (χ3n) is 6.54. The summed E-state index contributed by atoms with van der Waals surface area (Å²) in [7, 11) is 0. The highest BCUT2D eigenvalue weighted by atomic mass is 32.2. The first-order valence-corrected chi connectivity index (χ1v) is 13.1. The molecule has 2 aliphatic rings. The van der Waals surface area contributed by atoms with Gasteiger partial charge in [0.05, 0.1) is 16.6 Å². The summed E-state index contributed by atoms with van der Waals surface area (Å²) in [6, 6.07) is 7.39. The third kappa shape index (κ3) is 3.47. The molecular formula is C23H23N5O2S2. The highest BCUT2D eigenvalue weighted by Gasteiger charge is 2.30. The van der Waals surface area contributed by atoms with Gasteiger partial charge in [0.2, 0.25) is 0 Å². The van der Waals surface area contributed by atoms with Crippen LogP contribution in [0.5, 0.6) is 0 Å². The Morgan fingerprint density at radius 2 is 1.84 bits per heavy atom. The van der Waals surface area contributed by atoms with E-state index >= 15 is 0 Å².